The van der Waals surface area contributed by atoms with Crippen molar-refractivity contribution in [2.45, 2.75) is 19.8 Å². The zero-order valence-corrected chi connectivity index (χ0v) is 9.98. The highest BCUT2D eigenvalue weighted by molar-refractivity contribution is 5.73. The van der Waals surface area contributed by atoms with Gasteiger partial charge in [0.1, 0.15) is 0 Å². The van der Waals surface area contributed by atoms with Crippen LogP contribution in [0.1, 0.15) is 19.8 Å². The predicted molar refractivity (Wildman–Crippen MR) is 60.1 cm³/mol. The molecule has 0 bridgehead atoms. The molecule has 0 aromatic rings. The second kappa shape index (κ2) is 5.84. The molecule has 92 valence electrons. The maximum Gasteiger partial charge on any atom is 0.317 e. The normalized spacial score (nSPS) is 21.2. The number of carboxylic acids is 1. The molecule has 1 heterocycles. The highest BCUT2D eigenvalue weighted by atomic mass is 16.4. The Balaban J connectivity index is 2.36. The minimum absolute atomic E-state index is 0.0660. The van der Waals surface area contributed by atoms with Crippen molar-refractivity contribution >= 4 is 11.9 Å². The summed E-state index contributed by atoms with van der Waals surface area (Å²) >= 11 is 0. The average Bonchev–Trinajstić information content (AvgIpc) is 2.16. The van der Waals surface area contributed by atoms with Crippen LogP contribution >= 0.6 is 0 Å². The first kappa shape index (κ1) is 13.0. The van der Waals surface area contributed by atoms with Gasteiger partial charge < -0.3 is 10.0 Å². The zero-order chi connectivity index (χ0) is 12.1. The topological polar surface area (TPSA) is 60.9 Å². The van der Waals surface area contributed by atoms with Crippen LogP contribution in [0.25, 0.3) is 0 Å². The lowest BCUT2D eigenvalue weighted by Crippen LogP contribution is -2.43. The van der Waals surface area contributed by atoms with Crippen LogP contribution in [0, 0.1) is 5.92 Å². The van der Waals surface area contributed by atoms with Crippen LogP contribution in [0.2, 0.25) is 0 Å². The summed E-state index contributed by atoms with van der Waals surface area (Å²) in [7, 11) is 1.81. The Kier molecular flexibility index (Phi) is 4.73. The lowest BCUT2D eigenvalue weighted by Gasteiger charge is -2.33. The van der Waals surface area contributed by atoms with E-state index in [0.717, 1.165) is 32.5 Å². The molecule has 0 spiro atoms. The largest absolute Gasteiger partial charge is 0.480 e. The molecule has 0 saturated carbocycles. The van der Waals surface area contributed by atoms with E-state index in [2.05, 4.69) is 0 Å². The molecular formula is C11H20N2O3. The number of likely N-dealkylation sites (N-methyl/N-ethyl adjacent to an activating group) is 1. The number of piperidine rings is 1. The van der Waals surface area contributed by atoms with E-state index in [-0.39, 0.29) is 12.5 Å². The second-order valence-corrected chi connectivity index (χ2v) is 4.56. The summed E-state index contributed by atoms with van der Waals surface area (Å²) in [6.45, 7) is 4.00. The molecule has 5 heteroatoms. The minimum Gasteiger partial charge on any atom is -0.480 e. The quantitative estimate of drug-likeness (QED) is 0.750. The third-order valence-electron chi connectivity index (χ3n) is 2.94. The number of carboxylic acid groups (broad SMARTS) is 1. The third-order valence-corrected chi connectivity index (χ3v) is 2.94. The van der Waals surface area contributed by atoms with Crippen molar-refractivity contribution in [1.82, 2.24) is 9.80 Å². The number of carbonyl (C=O) groups excluding carboxylic acids is 1. The van der Waals surface area contributed by atoms with E-state index in [0.29, 0.717) is 5.92 Å². The number of aliphatic carboxylic acids is 1. The van der Waals surface area contributed by atoms with Crippen molar-refractivity contribution in [3.8, 4) is 0 Å². The predicted octanol–water partition coefficient (Wildman–Crippen LogP) is 0.261. The first-order chi connectivity index (χ1) is 7.49. The molecule has 0 unspecified atom stereocenters. The van der Waals surface area contributed by atoms with Crippen LogP contribution in [-0.2, 0) is 9.59 Å². The Morgan fingerprint density at radius 1 is 1.50 bits per heavy atom. The van der Waals surface area contributed by atoms with Crippen LogP contribution in [0.15, 0.2) is 0 Å². The Hall–Kier alpha value is -1.10. The van der Waals surface area contributed by atoms with Gasteiger partial charge in [0.15, 0.2) is 0 Å². The molecule has 0 aliphatic carbocycles. The lowest BCUT2D eigenvalue weighted by atomic mass is 9.97. The van der Waals surface area contributed by atoms with Gasteiger partial charge in [-0.05, 0) is 25.8 Å². The zero-order valence-electron chi connectivity index (χ0n) is 9.98. The van der Waals surface area contributed by atoms with E-state index in [1.807, 2.05) is 4.90 Å². The van der Waals surface area contributed by atoms with E-state index in [1.165, 1.54) is 0 Å². The first-order valence-electron chi connectivity index (χ1n) is 5.65. The van der Waals surface area contributed by atoms with Crippen molar-refractivity contribution < 1.29 is 14.7 Å². The molecule has 0 aromatic carbocycles. The van der Waals surface area contributed by atoms with Gasteiger partial charge in [0.2, 0.25) is 5.91 Å². The molecule has 1 saturated heterocycles. The van der Waals surface area contributed by atoms with Gasteiger partial charge in [0.05, 0.1) is 6.54 Å². The Morgan fingerprint density at radius 2 is 2.19 bits per heavy atom. The van der Waals surface area contributed by atoms with Gasteiger partial charge in [-0.1, -0.05) is 0 Å². The van der Waals surface area contributed by atoms with Crippen molar-refractivity contribution in [2.75, 3.05) is 33.2 Å². The van der Waals surface area contributed by atoms with Crippen molar-refractivity contribution in [2.24, 2.45) is 5.92 Å². The molecule has 1 N–H and O–H groups in total. The molecule has 1 rings (SSSR count). The molecule has 1 amide bonds. The number of amides is 1. The standard InChI is InChI=1S/C11H20N2O3/c1-9(14)13-5-3-4-10(7-13)6-12(2)8-11(15)16/h10H,3-8H2,1-2H3,(H,15,16)/t10-/m0/s1. The summed E-state index contributed by atoms with van der Waals surface area (Å²) < 4.78 is 0. The summed E-state index contributed by atoms with van der Waals surface area (Å²) in [6, 6.07) is 0. The van der Waals surface area contributed by atoms with E-state index in [9.17, 15) is 9.59 Å². The fourth-order valence-corrected chi connectivity index (χ4v) is 2.24. The highest BCUT2D eigenvalue weighted by Gasteiger charge is 2.22. The summed E-state index contributed by atoms with van der Waals surface area (Å²) in [5, 5.41) is 8.65. The Labute approximate surface area is 96.0 Å². The van der Waals surface area contributed by atoms with E-state index in [4.69, 9.17) is 5.11 Å². The number of hydrogen-bond acceptors (Lipinski definition) is 3. The SMILES string of the molecule is CC(=O)N1CCC[C@@H](CN(C)CC(=O)O)C1. The fraction of sp³-hybridized carbons (Fsp3) is 0.818. The Morgan fingerprint density at radius 3 is 2.75 bits per heavy atom. The number of nitrogens with zero attached hydrogens (tertiary/aromatic N) is 2. The van der Waals surface area contributed by atoms with Gasteiger partial charge in [-0.15, -0.1) is 0 Å². The minimum atomic E-state index is -0.804. The van der Waals surface area contributed by atoms with Crippen molar-refractivity contribution in [1.29, 1.82) is 0 Å². The molecule has 0 radical (unpaired) electrons. The molecule has 1 fully saturated rings. The van der Waals surface area contributed by atoms with E-state index >= 15 is 0 Å². The molecule has 1 aliphatic heterocycles. The second-order valence-electron chi connectivity index (χ2n) is 4.56. The molecular weight excluding hydrogens is 208 g/mol. The molecule has 1 aliphatic rings. The average molecular weight is 228 g/mol. The van der Waals surface area contributed by atoms with Crippen LogP contribution < -0.4 is 0 Å². The smallest absolute Gasteiger partial charge is 0.317 e. The van der Waals surface area contributed by atoms with Crippen LogP contribution in [0.3, 0.4) is 0 Å². The summed E-state index contributed by atoms with van der Waals surface area (Å²) in [5.41, 5.74) is 0. The third kappa shape index (κ3) is 4.18. The van der Waals surface area contributed by atoms with E-state index in [1.54, 1.807) is 18.9 Å². The fourth-order valence-electron chi connectivity index (χ4n) is 2.24. The van der Waals surface area contributed by atoms with Gasteiger partial charge in [-0.3, -0.25) is 14.5 Å². The van der Waals surface area contributed by atoms with Crippen molar-refractivity contribution in [3.05, 3.63) is 0 Å². The monoisotopic (exact) mass is 228 g/mol. The maximum absolute atomic E-state index is 11.2. The van der Waals surface area contributed by atoms with Crippen LogP contribution in [0.5, 0.6) is 0 Å². The molecule has 16 heavy (non-hydrogen) atoms. The van der Waals surface area contributed by atoms with Crippen molar-refractivity contribution in [3.63, 3.8) is 0 Å². The molecule has 1 atom stereocenters. The number of carbonyl (C=O) groups is 2. The molecule has 5 nitrogen and oxygen atoms in total. The summed E-state index contributed by atoms with van der Waals surface area (Å²) in [4.78, 5) is 25.4. The van der Waals surface area contributed by atoms with E-state index < -0.39 is 5.97 Å². The first-order valence-corrected chi connectivity index (χ1v) is 5.65. The van der Waals surface area contributed by atoms with Gasteiger partial charge in [0.25, 0.3) is 0 Å². The lowest BCUT2D eigenvalue weighted by molar-refractivity contribution is -0.138. The maximum atomic E-state index is 11.2. The van der Waals surface area contributed by atoms with Gasteiger partial charge >= 0.3 is 5.97 Å². The summed E-state index contributed by atoms with van der Waals surface area (Å²) in [5.74, 6) is -0.283. The number of rotatable bonds is 4. The van der Waals surface area contributed by atoms with Crippen LogP contribution in [0.4, 0.5) is 0 Å². The molecule has 0 aromatic heterocycles. The summed E-state index contributed by atoms with van der Waals surface area (Å²) in [6.07, 6.45) is 2.10. The Bertz CT molecular complexity index is 268. The number of likely N-dealkylation sites (tertiary alicyclic amines) is 1. The highest BCUT2D eigenvalue weighted by Crippen LogP contribution is 2.17. The van der Waals surface area contributed by atoms with Crippen LogP contribution in [-0.4, -0.2) is 60.0 Å². The van der Waals surface area contributed by atoms with Gasteiger partial charge in [0, 0.05) is 26.6 Å². The van der Waals surface area contributed by atoms with Gasteiger partial charge in [-0.2, -0.15) is 0 Å². The van der Waals surface area contributed by atoms with Gasteiger partial charge in [-0.25, -0.2) is 0 Å². The number of hydrogen-bond donors (Lipinski definition) is 1.